The van der Waals surface area contributed by atoms with Gasteiger partial charge in [-0.2, -0.15) is 0 Å². The second-order valence-electron chi connectivity index (χ2n) is 47.6. The first-order valence-electron chi connectivity index (χ1n) is 48.6. The van der Waals surface area contributed by atoms with Crippen LogP contribution in [0.3, 0.4) is 0 Å². The number of aliphatic hydroxyl groups is 3. The topological polar surface area (TPSA) is 149 Å². The molecule has 15 saturated carbocycles. The molecule has 8 heteroatoms. The third kappa shape index (κ3) is 12.6. The molecule has 8 nitrogen and oxygen atoms in total. The van der Waals surface area contributed by atoms with Gasteiger partial charge in [0.25, 0.3) is 0 Å². The maximum Gasteiger partial charge on any atom is 0.0618 e. The van der Waals surface area contributed by atoms with Gasteiger partial charge in [-0.3, -0.25) is 0 Å². The summed E-state index contributed by atoms with van der Waals surface area (Å²) in [4.78, 5) is 0. The lowest BCUT2D eigenvalue weighted by molar-refractivity contribution is -0.252. The Bertz CT molecular complexity index is 3370. The standard InChI is InChI=1S/C36H62N2.C36H61NO.C33H56N2O2/c1-10-32(6)25(4)14-17-33(7)29(32)16-18-35(9)30(33)13-12-28-31-27(24(2)3)15-19-36(31,21-20-34(28,35)8)26(5)38-23-11-22-37;1-10-32(6)25(4)14-17-33(7)29(32)16-18-35(9)30(33)13-12-28-31-27(24(2)3)15-19-36(31,21-20-34(28,35)8)26(5)37-22-11-23-38;1-21(2)23-10-15-33(22(3)35-19-18-34)17-16-31(6)24(28(23)33)8-9-26-29(4)13-12-27(37)30(5,20-36)25(29)11-14-32(26,31)7/h25,27-31,38H,2,5,10-23,37H2,1,3-4,6-9H3;25,27-31,37-38H,2,5,10-23H2,1,3-4,6-9H3;23-28,35-37H,1,3,8-20,34H2,2,4-7H3/t2*25-,27-,28?,29-,30+,31+,32+,33-,34+,35+,36+;23-,24?,25+,26+,27-,28+,29-,30-,31+,32+,33+/m000/s1. The van der Waals surface area contributed by atoms with Gasteiger partial charge in [-0.15, -0.1) is 0 Å². The highest BCUT2D eigenvalue weighted by molar-refractivity contribution is 5.32. The minimum absolute atomic E-state index is 0.0978. The number of nitrogens with one attached hydrogen (secondary N) is 3. The van der Waals surface area contributed by atoms with E-state index in [4.69, 9.17) is 24.6 Å². The molecular weight excluding hydrogens is 1380 g/mol. The zero-order valence-corrected chi connectivity index (χ0v) is 77.1. The van der Waals surface area contributed by atoms with Crippen molar-refractivity contribution in [2.45, 2.75) is 356 Å². The minimum Gasteiger partial charge on any atom is -0.396 e. The summed E-state index contributed by atoms with van der Waals surface area (Å²) in [6.45, 7) is 81.2. The van der Waals surface area contributed by atoms with E-state index in [0.29, 0.717) is 103 Å². The van der Waals surface area contributed by atoms with Gasteiger partial charge in [0.05, 0.1) is 12.7 Å². The molecule has 0 aromatic carbocycles. The van der Waals surface area contributed by atoms with Crippen LogP contribution >= 0.6 is 0 Å². The molecule has 113 heavy (non-hydrogen) atoms. The molecule has 3 unspecified atom stereocenters. The predicted molar refractivity (Wildman–Crippen MR) is 478 cm³/mol. The molecule has 0 saturated heterocycles. The van der Waals surface area contributed by atoms with E-state index in [9.17, 15) is 15.3 Å². The Morgan fingerprint density at radius 1 is 0.345 bits per heavy atom. The highest BCUT2D eigenvalue weighted by Gasteiger charge is 2.76. The Hall–Kier alpha value is -2.36. The quantitative estimate of drug-likeness (QED) is 0.0444. The van der Waals surface area contributed by atoms with Crippen LogP contribution in [0.5, 0.6) is 0 Å². The summed E-state index contributed by atoms with van der Waals surface area (Å²) >= 11 is 0. The van der Waals surface area contributed by atoms with Crippen LogP contribution in [0.2, 0.25) is 0 Å². The van der Waals surface area contributed by atoms with Crippen molar-refractivity contribution in [3.8, 4) is 0 Å². The van der Waals surface area contributed by atoms with Crippen LogP contribution in [0.1, 0.15) is 350 Å². The molecule has 10 N–H and O–H groups in total. The van der Waals surface area contributed by atoms with Gasteiger partial charge in [0.15, 0.2) is 0 Å². The van der Waals surface area contributed by atoms with Gasteiger partial charge in [0, 0.05) is 71.5 Å². The number of allylic oxidation sites excluding steroid dienone is 6. The van der Waals surface area contributed by atoms with E-state index < -0.39 is 0 Å². The van der Waals surface area contributed by atoms with Gasteiger partial charge in [-0.1, -0.05) is 180 Å². The van der Waals surface area contributed by atoms with Crippen molar-refractivity contribution in [2.75, 3.05) is 45.9 Å². The molecule has 15 fully saturated rings. The minimum atomic E-state index is -0.385. The van der Waals surface area contributed by atoms with E-state index in [0.717, 1.165) is 106 Å². The van der Waals surface area contributed by atoms with Crippen LogP contribution in [0.4, 0.5) is 0 Å². The zero-order chi connectivity index (χ0) is 82.5. The van der Waals surface area contributed by atoms with Crippen molar-refractivity contribution in [1.29, 1.82) is 0 Å². The van der Waals surface area contributed by atoms with Gasteiger partial charge >= 0.3 is 0 Å². The molecule has 0 aromatic rings. The first-order chi connectivity index (χ1) is 53.1. The summed E-state index contributed by atoms with van der Waals surface area (Å²) in [6.07, 6.45) is 43.6. The maximum atomic E-state index is 11.0. The van der Waals surface area contributed by atoms with Crippen molar-refractivity contribution < 1.29 is 15.3 Å². The Kier molecular flexibility index (Phi) is 24.4. The molecule has 0 radical (unpaired) electrons. The summed E-state index contributed by atoms with van der Waals surface area (Å²) in [5, 5.41) is 42.1. The van der Waals surface area contributed by atoms with E-state index in [2.05, 4.69) is 174 Å². The second kappa shape index (κ2) is 31.2. The van der Waals surface area contributed by atoms with Crippen molar-refractivity contribution in [3.63, 3.8) is 0 Å². The van der Waals surface area contributed by atoms with Crippen molar-refractivity contribution in [1.82, 2.24) is 16.0 Å². The average Bonchev–Trinajstić information content (AvgIpc) is 1.67. The third-order valence-corrected chi connectivity index (χ3v) is 45.1. The largest absolute Gasteiger partial charge is 0.396 e. The Morgan fingerprint density at radius 3 is 0.965 bits per heavy atom. The molecule has 0 heterocycles. The van der Waals surface area contributed by atoms with Gasteiger partial charge in [-0.05, 0) is 393 Å². The van der Waals surface area contributed by atoms with E-state index in [1.54, 1.807) is 0 Å². The molecule has 0 aromatic heterocycles. The smallest absolute Gasteiger partial charge is 0.0618 e. The summed E-state index contributed by atoms with van der Waals surface area (Å²) in [5.74, 6) is 12.3. The maximum absolute atomic E-state index is 11.0. The summed E-state index contributed by atoms with van der Waals surface area (Å²) in [6, 6.07) is 0. The summed E-state index contributed by atoms with van der Waals surface area (Å²) in [5.41, 5.74) is 24.5. The number of aliphatic hydroxyl groups excluding tert-OH is 3. The monoisotopic (exact) mass is 1560 g/mol. The first kappa shape index (κ1) is 88.4. The fraction of sp³-hybridized carbons (Fsp3) is 0.886. The number of hydrogen-bond acceptors (Lipinski definition) is 8. The highest BCUT2D eigenvalue weighted by Crippen LogP contribution is 2.83. The lowest BCUT2D eigenvalue weighted by atomic mass is 9.31. The van der Waals surface area contributed by atoms with E-state index >= 15 is 0 Å². The molecule has 15 rings (SSSR count). The van der Waals surface area contributed by atoms with Crippen molar-refractivity contribution >= 4 is 0 Å². The molecule has 15 aliphatic carbocycles. The van der Waals surface area contributed by atoms with E-state index in [1.165, 1.54) is 220 Å². The van der Waals surface area contributed by atoms with Crippen LogP contribution in [0, 0.1) is 182 Å². The number of rotatable bonds is 20. The van der Waals surface area contributed by atoms with Crippen molar-refractivity contribution in [3.05, 3.63) is 73.3 Å². The van der Waals surface area contributed by atoms with Gasteiger partial charge < -0.3 is 42.7 Å². The third-order valence-electron chi connectivity index (χ3n) is 45.1. The molecular formula is C105H179N5O3. The number of hydrogen-bond donors (Lipinski definition) is 8. The van der Waals surface area contributed by atoms with E-state index in [1.807, 2.05) is 0 Å². The normalized spacial score (nSPS) is 52.1. The second-order valence-corrected chi connectivity index (χ2v) is 47.6. The molecule has 15 aliphatic rings. The molecule has 0 amide bonds. The number of nitrogens with two attached hydrogens (primary N) is 2. The lowest BCUT2D eigenvalue weighted by Gasteiger charge is -2.73. The zero-order valence-electron chi connectivity index (χ0n) is 77.1. The molecule has 642 valence electrons. The van der Waals surface area contributed by atoms with Gasteiger partial charge in [0.1, 0.15) is 0 Å². The van der Waals surface area contributed by atoms with Crippen LogP contribution in [0.15, 0.2) is 73.3 Å². The van der Waals surface area contributed by atoms with Gasteiger partial charge in [-0.25, -0.2) is 0 Å². The van der Waals surface area contributed by atoms with Crippen LogP contribution < -0.4 is 27.4 Å². The van der Waals surface area contributed by atoms with Crippen LogP contribution in [-0.4, -0.2) is 67.4 Å². The SMILES string of the molecule is C=C(C)[C@@H]1CC[C@]2(C(=C)NCCCN)CC[C@]3(C)C(CC[C@@H]4[C@@]5(C)CC[C@H](C)[C@@](C)(CC)[C@@H]5CC[C@]43C)[C@@H]12.C=C(C)[C@@H]1CC[C@]2(C(=C)NCCCO)CC[C@]3(C)C(CC[C@@H]4[C@@]5(C)CC[C@H](C)[C@@](C)(CC)[C@@H]5CC[C@]43C)[C@@H]12.C=C(C)[C@@H]1CC[C@]2(C(=C)NCCN)CC[C@]3(C)C(CC[C@@H]4[C@@]5(C)CC[C@H](O)[C@@](C)(CO)[C@@H]5CC[C@]43C)[C@@H]12. The fourth-order valence-corrected chi connectivity index (χ4v) is 37.6. The lowest BCUT2D eigenvalue weighted by Crippen LogP contribution is -2.67. The molecule has 33 atom stereocenters. The van der Waals surface area contributed by atoms with Crippen molar-refractivity contribution in [2.24, 2.45) is 193 Å². The van der Waals surface area contributed by atoms with Gasteiger partial charge in [0.2, 0.25) is 0 Å². The fourth-order valence-electron chi connectivity index (χ4n) is 37.6. The summed E-state index contributed by atoms with van der Waals surface area (Å²) in [7, 11) is 0. The Labute approximate surface area is 695 Å². The van der Waals surface area contributed by atoms with Crippen LogP contribution in [-0.2, 0) is 0 Å². The predicted octanol–water partition coefficient (Wildman–Crippen LogP) is 24.3. The van der Waals surface area contributed by atoms with Crippen LogP contribution in [0.25, 0.3) is 0 Å². The van der Waals surface area contributed by atoms with E-state index in [-0.39, 0.29) is 57.2 Å². The highest BCUT2D eigenvalue weighted by atomic mass is 16.3. The molecule has 0 aliphatic heterocycles. The molecule has 0 spiro atoms. The Morgan fingerprint density at radius 2 is 0.664 bits per heavy atom. The molecule has 0 bridgehead atoms. The summed E-state index contributed by atoms with van der Waals surface area (Å²) < 4.78 is 0. The first-order valence-corrected chi connectivity index (χ1v) is 48.6. The average molecular weight is 1560 g/mol. The number of fused-ring (bicyclic) bond motifs is 21. The Balaban J connectivity index is 0.000000148.